The molecule has 16 heteroatoms. The van der Waals surface area contributed by atoms with E-state index in [-0.39, 0.29) is 97.1 Å². The van der Waals surface area contributed by atoms with Gasteiger partial charge in [0.1, 0.15) is 6.04 Å². The summed E-state index contributed by atoms with van der Waals surface area (Å²) in [5, 5.41) is 39.1. The molecule has 1 rings (SSSR count). The number of nitrogens with one attached hydrogen (secondary N) is 1. The Hall–Kier alpha value is -1.98. The van der Waals surface area contributed by atoms with Crippen LogP contribution in [0.15, 0.2) is 0 Å². The van der Waals surface area contributed by atoms with E-state index in [4.69, 9.17) is 10.8 Å². The van der Waals surface area contributed by atoms with Crippen LogP contribution in [-0.4, -0.2) is 187 Å². The molecule has 0 aliphatic carbocycles. The third-order valence-corrected chi connectivity index (χ3v) is 5.47. The summed E-state index contributed by atoms with van der Waals surface area (Å²) in [6, 6.07) is -1.09. The molecule has 15 nitrogen and oxygen atoms in total. The molecule has 0 aromatic rings. The number of aliphatic carboxylic acids is 4. The van der Waals surface area contributed by atoms with Crippen molar-refractivity contribution in [2.75, 3.05) is 85.1 Å². The zero-order valence-corrected chi connectivity index (χ0v) is 23.5. The van der Waals surface area contributed by atoms with Crippen LogP contribution in [0.1, 0.15) is 6.42 Å². The van der Waals surface area contributed by atoms with Gasteiger partial charge in [0.15, 0.2) is 0 Å². The number of rotatable bonds is 12. The SMILES string of the molecule is N[C@@H](CCNC(=O)CN1CCN(CC(=O)O)CCN(CC(=O)O)CCN(CC(=O)O)CC1)C(=O)O.[111In+3]. The van der Waals surface area contributed by atoms with Gasteiger partial charge >= 0.3 is 49.7 Å². The topological polar surface area (TPSA) is 217 Å². The minimum atomic E-state index is -1.17. The summed E-state index contributed by atoms with van der Waals surface area (Å²) in [5.41, 5.74) is 5.43. The third kappa shape index (κ3) is 15.9. The van der Waals surface area contributed by atoms with Gasteiger partial charge in [0.25, 0.3) is 0 Å². The van der Waals surface area contributed by atoms with Crippen molar-refractivity contribution in [3.05, 3.63) is 0 Å². The van der Waals surface area contributed by atoms with Gasteiger partial charge in [-0.25, -0.2) is 0 Å². The molecule has 0 bridgehead atoms. The molecule has 1 heterocycles. The van der Waals surface area contributed by atoms with Crippen molar-refractivity contribution >= 4 is 55.6 Å². The van der Waals surface area contributed by atoms with Gasteiger partial charge in [0.05, 0.1) is 26.2 Å². The normalized spacial score (nSPS) is 18.1. The van der Waals surface area contributed by atoms with Crippen LogP contribution in [0.4, 0.5) is 0 Å². The van der Waals surface area contributed by atoms with E-state index in [9.17, 15) is 39.3 Å². The number of hydrogen-bond donors (Lipinski definition) is 6. The molecule has 1 saturated heterocycles. The Labute approximate surface area is 227 Å². The van der Waals surface area contributed by atoms with Crippen LogP contribution < -0.4 is 11.1 Å². The minimum Gasteiger partial charge on any atom is -0.480 e. The second kappa shape index (κ2) is 18.3. The summed E-state index contributed by atoms with van der Waals surface area (Å²) in [6.07, 6.45) is 0.0622. The average Bonchev–Trinajstić information content (AvgIpc) is 2.74. The van der Waals surface area contributed by atoms with Crippen LogP contribution in [-0.2, 0) is 24.0 Å². The molecule has 0 unspecified atom stereocenters. The molecule has 1 atom stereocenters. The Bertz CT molecular complexity index is 712. The number of nitrogens with zero attached hydrogens (tertiary/aromatic N) is 4. The maximum absolute atomic E-state index is 12.4. The van der Waals surface area contributed by atoms with E-state index in [1.54, 1.807) is 19.6 Å². The summed E-state index contributed by atoms with van der Waals surface area (Å²) < 4.78 is 0. The Morgan fingerprint density at radius 3 is 1.22 bits per heavy atom. The van der Waals surface area contributed by atoms with E-state index in [1.807, 2.05) is 0 Å². The predicted molar refractivity (Wildman–Crippen MR) is 128 cm³/mol. The molecular weight excluding hydrogens is 579 g/mol. The van der Waals surface area contributed by atoms with Gasteiger partial charge < -0.3 is 31.5 Å². The number of hydrogen-bond acceptors (Lipinski definition) is 10. The van der Waals surface area contributed by atoms with Gasteiger partial charge in [-0.2, -0.15) is 0 Å². The number of carbonyl (C=O) groups excluding carboxylic acids is 1. The third-order valence-electron chi connectivity index (χ3n) is 5.47. The Morgan fingerprint density at radius 1 is 0.639 bits per heavy atom. The molecule has 0 radical (unpaired) electrons. The minimum absolute atomic E-state index is 0. The standard InChI is InChI=1S/C20H36N6O9.In/c21-15(20(34)35)1-2-22-16(27)11-23-3-5-24(12-17(28)29)7-9-26(14-19(32)33)10-8-25(6-4-23)13-18(30)31;/h15H,1-14,21H2,(H,22,27)(H,28,29)(H,30,31)(H,32,33)(H,34,35);/q;+3/t15-;/m0./s1/i;1-4. The molecule has 0 aromatic heterocycles. The summed E-state index contributed by atoms with van der Waals surface area (Å²) in [7, 11) is 0. The first-order chi connectivity index (χ1) is 16.5. The van der Waals surface area contributed by atoms with E-state index in [1.165, 1.54) is 0 Å². The molecule has 200 valence electrons. The Morgan fingerprint density at radius 2 is 0.944 bits per heavy atom. The second-order valence-corrected chi connectivity index (χ2v) is 8.37. The average molecular weight is 615 g/mol. The molecule has 1 fully saturated rings. The van der Waals surface area contributed by atoms with Crippen LogP contribution in [0.5, 0.6) is 0 Å². The molecule has 0 spiro atoms. The van der Waals surface area contributed by atoms with E-state index >= 15 is 0 Å². The fourth-order valence-electron chi connectivity index (χ4n) is 3.53. The first-order valence-electron chi connectivity index (χ1n) is 11.3. The summed E-state index contributed by atoms with van der Waals surface area (Å²) >= 11 is 0. The summed E-state index contributed by atoms with van der Waals surface area (Å²) in [5.74, 6) is -4.63. The first kappa shape index (κ1) is 34.0. The largest absolute Gasteiger partial charge is 3.00 e. The van der Waals surface area contributed by atoms with Gasteiger partial charge in [-0.3, -0.25) is 43.6 Å². The summed E-state index contributed by atoms with van der Waals surface area (Å²) in [4.78, 5) is 63.7. The molecule has 0 saturated carbocycles. The Kier molecular flexibility index (Phi) is 17.3. The van der Waals surface area contributed by atoms with Gasteiger partial charge in [0.2, 0.25) is 5.91 Å². The smallest absolute Gasteiger partial charge is 0.480 e. The van der Waals surface area contributed by atoms with E-state index in [0.29, 0.717) is 26.2 Å². The first-order valence-corrected chi connectivity index (χ1v) is 11.3. The Balaban J connectivity index is 0.0000122. The monoisotopic (exact) mass is 615 g/mol. The molecule has 1 aliphatic rings. The van der Waals surface area contributed by atoms with Crippen molar-refractivity contribution < 1.29 is 44.4 Å². The van der Waals surface area contributed by atoms with E-state index in [0.717, 1.165) is 0 Å². The van der Waals surface area contributed by atoms with Crippen molar-refractivity contribution in [3.63, 3.8) is 0 Å². The van der Waals surface area contributed by atoms with Crippen LogP contribution in [0.25, 0.3) is 0 Å². The number of carboxylic acid groups (broad SMARTS) is 4. The van der Waals surface area contributed by atoms with Crippen LogP contribution in [0, 0.1) is 0 Å². The van der Waals surface area contributed by atoms with Gasteiger partial charge in [-0.15, -0.1) is 0 Å². The number of amides is 1. The number of carboxylic acids is 4. The maximum Gasteiger partial charge on any atom is 3.00 e. The van der Waals surface area contributed by atoms with Crippen molar-refractivity contribution in [1.29, 1.82) is 0 Å². The summed E-state index contributed by atoms with van der Waals surface area (Å²) in [6.45, 7) is 1.63. The van der Waals surface area contributed by atoms with Gasteiger partial charge in [-0.05, 0) is 6.42 Å². The van der Waals surface area contributed by atoms with Gasteiger partial charge in [-0.1, -0.05) is 0 Å². The quantitative estimate of drug-likeness (QED) is 0.123. The molecule has 0 aromatic carbocycles. The second-order valence-electron chi connectivity index (χ2n) is 8.37. The maximum atomic E-state index is 12.4. The zero-order chi connectivity index (χ0) is 26.4. The van der Waals surface area contributed by atoms with E-state index < -0.39 is 29.9 Å². The van der Waals surface area contributed by atoms with Crippen molar-refractivity contribution in [3.8, 4) is 0 Å². The van der Waals surface area contributed by atoms with Gasteiger partial charge in [0, 0.05) is 58.9 Å². The number of carbonyl (C=O) groups is 5. The zero-order valence-electron chi connectivity index (χ0n) is 20.3. The van der Waals surface area contributed by atoms with Crippen molar-refractivity contribution in [2.45, 2.75) is 12.5 Å². The fourth-order valence-corrected chi connectivity index (χ4v) is 3.53. The van der Waals surface area contributed by atoms with Crippen LogP contribution >= 0.6 is 0 Å². The fraction of sp³-hybridized carbons (Fsp3) is 0.750. The molecule has 36 heavy (non-hydrogen) atoms. The number of nitrogens with two attached hydrogens (primary N) is 1. The van der Waals surface area contributed by atoms with E-state index in [2.05, 4.69) is 5.32 Å². The van der Waals surface area contributed by atoms with Crippen LogP contribution in [0.3, 0.4) is 0 Å². The molecular formula is C20H36InN6O9+3. The molecule has 1 amide bonds. The predicted octanol–water partition coefficient (Wildman–Crippen LogP) is -4.00. The molecule has 1 aliphatic heterocycles. The van der Waals surface area contributed by atoms with Crippen molar-refractivity contribution in [1.82, 2.24) is 24.9 Å². The van der Waals surface area contributed by atoms with Crippen LogP contribution in [0.2, 0.25) is 0 Å². The van der Waals surface area contributed by atoms with Crippen molar-refractivity contribution in [2.24, 2.45) is 5.73 Å². The molecule has 7 N–H and O–H groups in total.